The summed E-state index contributed by atoms with van der Waals surface area (Å²) in [6, 6.07) is 1.86. The summed E-state index contributed by atoms with van der Waals surface area (Å²) in [5.41, 5.74) is 0.930. The average Bonchev–Trinajstić information content (AvgIpc) is 2.79. The van der Waals surface area contributed by atoms with E-state index in [0.717, 1.165) is 15.9 Å². The van der Waals surface area contributed by atoms with Crippen LogP contribution < -0.4 is 5.32 Å². The molecule has 0 atom stereocenters. The number of amides is 1. The number of hydrogen-bond acceptors (Lipinski definition) is 3. The molecule has 0 aliphatic carbocycles. The van der Waals surface area contributed by atoms with Crippen molar-refractivity contribution in [3.8, 4) is 0 Å². The van der Waals surface area contributed by atoms with Gasteiger partial charge in [-0.15, -0.1) is 11.3 Å². The zero-order valence-electron chi connectivity index (χ0n) is 9.58. The van der Waals surface area contributed by atoms with Crippen molar-refractivity contribution in [2.45, 2.75) is 6.92 Å². The fraction of sp³-hybridized carbons (Fsp3) is 0.273. The Hall–Kier alpha value is -1.33. The quantitative estimate of drug-likeness (QED) is 0.930. The monoisotopic (exact) mass is 269 g/mol. The first kappa shape index (κ1) is 12.1. The largest absolute Gasteiger partial charge is 0.346 e. The van der Waals surface area contributed by atoms with Crippen LogP contribution in [-0.2, 0) is 7.05 Å². The minimum atomic E-state index is -0.132. The molecule has 0 saturated heterocycles. The molecule has 0 aromatic carbocycles. The van der Waals surface area contributed by atoms with Crippen LogP contribution in [0.2, 0.25) is 0 Å². The van der Waals surface area contributed by atoms with Crippen LogP contribution in [0, 0.1) is 6.92 Å². The van der Waals surface area contributed by atoms with Gasteiger partial charge in [-0.25, -0.2) is 0 Å². The second kappa shape index (κ2) is 4.50. The van der Waals surface area contributed by atoms with Crippen LogP contribution in [0.5, 0.6) is 0 Å². The highest BCUT2D eigenvalue weighted by molar-refractivity contribution is 7.20. The third-order valence-electron chi connectivity index (χ3n) is 2.36. The number of hydrogen-bond donors (Lipinski definition) is 1. The molecule has 2 aromatic heterocycles. The Balaban J connectivity index is 2.27. The summed E-state index contributed by atoms with van der Waals surface area (Å²) >= 11 is 7.02. The van der Waals surface area contributed by atoms with Crippen LogP contribution >= 0.6 is 22.9 Å². The third-order valence-corrected chi connectivity index (χ3v) is 3.70. The van der Waals surface area contributed by atoms with Gasteiger partial charge in [0.2, 0.25) is 0 Å². The van der Waals surface area contributed by atoms with Gasteiger partial charge >= 0.3 is 0 Å². The van der Waals surface area contributed by atoms with Crippen molar-refractivity contribution in [2.75, 3.05) is 6.54 Å². The Bertz CT molecular complexity index is 565. The Morgan fingerprint density at radius 3 is 3.00 bits per heavy atom. The van der Waals surface area contributed by atoms with Gasteiger partial charge in [-0.2, -0.15) is 5.10 Å². The van der Waals surface area contributed by atoms with Crippen molar-refractivity contribution < 1.29 is 4.79 Å². The zero-order chi connectivity index (χ0) is 12.6. The van der Waals surface area contributed by atoms with E-state index >= 15 is 0 Å². The summed E-state index contributed by atoms with van der Waals surface area (Å²) < 4.78 is 1.78. The van der Waals surface area contributed by atoms with Crippen molar-refractivity contribution >= 4 is 39.1 Å². The molecule has 0 radical (unpaired) electrons. The molecule has 2 rings (SSSR count). The number of rotatable bonds is 3. The molecule has 2 aromatic rings. The summed E-state index contributed by atoms with van der Waals surface area (Å²) in [5.74, 6) is -0.132. The van der Waals surface area contributed by atoms with E-state index in [1.807, 2.05) is 20.0 Å². The molecule has 1 amide bonds. The van der Waals surface area contributed by atoms with Crippen molar-refractivity contribution in [1.29, 1.82) is 0 Å². The lowest BCUT2D eigenvalue weighted by Gasteiger charge is -2.00. The first-order valence-corrected chi connectivity index (χ1v) is 6.23. The molecule has 6 heteroatoms. The Kier molecular flexibility index (Phi) is 3.22. The van der Waals surface area contributed by atoms with Crippen LogP contribution in [0.1, 0.15) is 15.4 Å². The number of aromatic nitrogens is 2. The van der Waals surface area contributed by atoms with Crippen LogP contribution in [0.4, 0.5) is 0 Å². The number of aryl methyl sites for hydroxylation is 2. The van der Waals surface area contributed by atoms with Gasteiger partial charge in [-0.1, -0.05) is 18.2 Å². The first-order valence-electron chi connectivity index (χ1n) is 5.03. The van der Waals surface area contributed by atoms with Gasteiger partial charge in [0, 0.05) is 17.5 Å². The van der Waals surface area contributed by atoms with Gasteiger partial charge in [0.1, 0.15) is 4.83 Å². The molecule has 0 spiro atoms. The fourth-order valence-corrected chi connectivity index (χ4v) is 2.69. The molecule has 1 N–H and O–H groups in total. The maximum Gasteiger partial charge on any atom is 0.261 e. The summed E-state index contributed by atoms with van der Waals surface area (Å²) in [7, 11) is 1.87. The third kappa shape index (κ3) is 2.35. The van der Waals surface area contributed by atoms with Gasteiger partial charge in [0.25, 0.3) is 5.91 Å². The normalized spacial score (nSPS) is 10.8. The van der Waals surface area contributed by atoms with E-state index in [0.29, 0.717) is 9.91 Å². The molecule has 0 aliphatic heterocycles. The SMILES string of the molecule is C=C(Cl)CNC(=O)c1cc2c(C)nn(C)c2s1. The predicted molar refractivity (Wildman–Crippen MR) is 70.7 cm³/mol. The summed E-state index contributed by atoms with van der Waals surface area (Å²) in [5, 5.41) is 8.42. The Morgan fingerprint density at radius 1 is 1.71 bits per heavy atom. The van der Waals surface area contributed by atoms with Crippen LogP contribution in [0.25, 0.3) is 10.2 Å². The minimum absolute atomic E-state index is 0.132. The molecule has 0 saturated carbocycles. The number of fused-ring (bicyclic) bond motifs is 1. The van der Waals surface area contributed by atoms with Gasteiger partial charge < -0.3 is 5.32 Å². The predicted octanol–water partition coefficient (Wildman–Crippen LogP) is 2.43. The highest BCUT2D eigenvalue weighted by Gasteiger charge is 2.14. The highest BCUT2D eigenvalue weighted by atomic mass is 35.5. The fourth-order valence-electron chi connectivity index (χ4n) is 1.58. The van der Waals surface area contributed by atoms with Crippen LogP contribution in [-0.4, -0.2) is 22.2 Å². The van der Waals surface area contributed by atoms with E-state index < -0.39 is 0 Å². The number of carbonyl (C=O) groups is 1. The lowest BCUT2D eigenvalue weighted by atomic mass is 10.3. The highest BCUT2D eigenvalue weighted by Crippen LogP contribution is 2.27. The molecular weight excluding hydrogens is 258 g/mol. The summed E-state index contributed by atoms with van der Waals surface area (Å²) in [4.78, 5) is 13.5. The lowest BCUT2D eigenvalue weighted by Crippen LogP contribution is -2.23. The molecule has 0 bridgehead atoms. The maximum absolute atomic E-state index is 11.8. The molecule has 2 heterocycles. The molecule has 0 fully saturated rings. The van der Waals surface area contributed by atoms with Gasteiger partial charge in [-0.3, -0.25) is 9.48 Å². The van der Waals surface area contributed by atoms with E-state index in [1.165, 1.54) is 11.3 Å². The molecule has 0 unspecified atom stereocenters. The van der Waals surface area contributed by atoms with Crippen LogP contribution in [0.3, 0.4) is 0 Å². The first-order chi connectivity index (χ1) is 7.99. The Labute approximate surface area is 108 Å². The average molecular weight is 270 g/mol. The summed E-state index contributed by atoms with van der Waals surface area (Å²) in [6.45, 7) is 5.73. The van der Waals surface area contributed by atoms with Crippen molar-refractivity contribution in [1.82, 2.24) is 15.1 Å². The zero-order valence-corrected chi connectivity index (χ0v) is 11.2. The number of nitrogens with zero attached hydrogens (tertiary/aromatic N) is 2. The van der Waals surface area contributed by atoms with E-state index in [2.05, 4.69) is 17.0 Å². The molecule has 4 nitrogen and oxygen atoms in total. The maximum atomic E-state index is 11.8. The van der Waals surface area contributed by atoms with E-state index in [-0.39, 0.29) is 12.5 Å². The number of nitrogens with one attached hydrogen (secondary N) is 1. The molecular formula is C11H12ClN3OS. The van der Waals surface area contributed by atoms with Crippen LogP contribution in [0.15, 0.2) is 17.7 Å². The number of halogens is 1. The number of carbonyl (C=O) groups excluding carboxylic acids is 1. The Morgan fingerprint density at radius 2 is 2.41 bits per heavy atom. The lowest BCUT2D eigenvalue weighted by molar-refractivity contribution is 0.0961. The molecule has 0 aliphatic rings. The minimum Gasteiger partial charge on any atom is -0.346 e. The molecule has 17 heavy (non-hydrogen) atoms. The number of thiophene rings is 1. The van der Waals surface area contributed by atoms with Crippen molar-refractivity contribution in [2.24, 2.45) is 7.05 Å². The van der Waals surface area contributed by atoms with Crippen molar-refractivity contribution in [3.05, 3.63) is 28.2 Å². The molecule has 90 valence electrons. The van der Waals surface area contributed by atoms with Crippen molar-refractivity contribution in [3.63, 3.8) is 0 Å². The topological polar surface area (TPSA) is 46.9 Å². The van der Waals surface area contributed by atoms with E-state index in [9.17, 15) is 4.79 Å². The van der Waals surface area contributed by atoms with E-state index in [4.69, 9.17) is 11.6 Å². The van der Waals surface area contributed by atoms with Gasteiger partial charge in [0.15, 0.2) is 0 Å². The smallest absolute Gasteiger partial charge is 0.261 e. The van der Waals surface area contributed by atoms with Gasteiger partial charge in [-0.05, 0) is 13.0 Å². The van der Waals surface area contributed by atoms with E-state index in [1.54, 1.807) is 4.68 Å². The van der Waals surface area contributed by atoms with Gasteiger partial charge in [0.05, 0.1) is 17.1 Å². The second-order valence-electron chi connectivity index (χ2n) is 3.74. The standard InChI is InChI=1S/C11H12ClN3OS/c1-6(12)5-13-10(16)9-4-8-7(2)14-15(3)11(8)17-9/h4H,1,5H2,2-3H3,(H,13,16). The summed E-state index contributed by atoms with van der Waals surface area (Å²) in [6.07, 6.45) is 0. The second-order valence-corrected chi connectivity index (χ2v) is 5.30.